The van der Waals surface area contributed by atoms with Crippen LogP contribution in [0.15, 0.2) is 0 Å². The van der Waals surface area contributed by atoms with Crippen LogP contribution in [0.5, 0.6) is 0 Å². The highest BCUT2D eigenvalue weighted by Crippen LogP contribution is 2.21. The molecule has 0 bridgehead atoms. The number of carboxylic acid groups (broad SMARTS) is 1. The van der Waals surface area contributed by atoms with Gasteiger partial charge in [0.2, 0.25) is 0 Å². The Balaban J connectivity index is 2.80. The van der Waals surface area contributed by atoms with Crippen molar-refractivity contribution < 1.29 is 29.0 Å². The zero-order valence-electron chi connectivity index (χ0n) is 12.3. The monoisotopic (exact) mass is 303 g/mol. The summed E-state index contributed by atoms with van der Waals surface area (Å²) in [6.45, 7) is 5.35. The molecule has 0 radical (unpaired) electrons. The van der Waals surface area contributed by atoms with E-state index in [9.17, 15) is 14.4 Å². The molecule has 0 aromatic rings. The van der Waals surface area contributed by atoms with Gasteiger partial charge in [-0.1, -0.05) is 0 Å². The number of carboxylic acids is 1. The summed E-state index contributed by atoms with van der Waals surface area (Å²) in [5.41, 5.74) is 1.82. The lowest BCUT2D eigenvalue weighted by Crippen LogP contribution is -2.55. The maximum Gasteiger partial charge on any atom is 0.419 e. The maximum absolute atomic E-state index is 12.1. The minimum atomic E-state index is -1.72. The first kappa shape index (κ1) is 17.2. The topological polar surface area (TPSA) is 131 Å². The number of amides is 1. The van der Waals surface area contributed by atoms with Crippen molar-refractivity contribution in [3.63, 3.8) is 0 Å². The summed E-state index contributed by atoms with van der Waals surface area (Å²) in [5, 5.41) is 8.60. The zero-order chi connectivity index (χ0) is 16.2. The molecule has 0 aromatic heterocycles. The van der Waals surface area contributed by atoms with Gasteiger partial charge in [0.1, 0.15) is 5.60 Å². The third-order valence-electron chi connectivity index (χ3n) is 2.83. The first-order chi connectivity index (χ1) is 9.64. The molecule has 0 aromatic carbocycles. The van der Waals surface area contributed by atoms with E-state index < -0.39 is 29.9 Å². The Morgan fingerprint density at radius 2 is 1.95 bits per heavy atom. The van der Waals surface area contributed by atoms with E-state index in [1.165, 1.54) is 4.90 Å². The summed E-state index contributed by atoms with van der Waals surface area (Å²) in [4.78, 5) is 35.1. The van der Waals surface area contributed by atoms with Gasteiger partial charge in [0.15, 0.2) is 6.23 Å². The molecule has 120 valence electrons. The first-order valence-corrected chi connectivity index (χ1v) is 6.53. The number of hydrogen-bond donors (Lipinski definition) is 3. The molecule has 1 aliphatic heterocycles. The molecule has 9 nitrogen and oxygen atoms in total. The van der Waals surface area contributed by atoms with Crippen molar-refractivity contribution in [1.29, 1.82) is 0 Å². The molecule has 4 N–H and O–H groups in total. The molecule has 0 aliphatic carbocycles. The van der Waals surface area contributed by atoms with E-state index in [0.29, 0.717) is 6.42 Å². The highest BCUT2D eigenvalue weighted by Gasteiger charge is 2.37. The average Bonchev–Trinajstić information content (AvgIpc) is 2.36. The number of piperidine rings is 1. The molecule has 0 saturated carbocycles. The summed E-state index contributed by atoms with van der Waals surface area (Å²) in [7, 11) is 0. The highest BCUT2D eigenvalue weighted by atomic mass is 16.6. The van der Waals surface area contributed by atoms with E-state index in [1.54, 1.807) is 20.8 Å². The van der Waals surface area contributed by atoms with Gasteiger partial charge >= 0.3 is 18.0 Å². The summed E-state index contributed by atoms with van der Waals surface area (Å²) in [6.07, 6.45) is -0.967. The third-order valence-corrected chi connectivity index (χ3v) is 2.83. The van der Waals surface area contributed by atoms with Crippen molar-refractivity contribution in [2.45, 2.75) is 51.5 Å². The van der Waals surface area contributed by atoms with Crippen molar-refractivity contribution in [3.05, 3.63) is 0 Å². The number of aliphatic carboxylic acids is 1. The number of likely N-dealkylation sites (tertiary alicyclic amines) is 1. The SMILES string of the molecule is CC(C)(C)OC(=O)N1CCC(NN)CC1OC(=O)C(=O)O. The van der Waals surface area contributed by atoms with E-state index in [0.717, 1.165) is 0 Å². The number of carbonyl (C=O) groups is 3. The van der Waals surface area contributed by atoms with Gasteiger partial charge in [0.05, 0.1) is 0 Å². The Labute approximate surface area is 122 Å². The molecule has 1 heterocycles. The molecule has 2 unspecified atom stereocenters. The van der Waals surface area contributed by atoms with Crippen molar-refractivity contribution in [3.8, 4) is 0 Å². The molecule has 21 heavy (non-hydrogen) atoms. The standard InChI is InChI=1S/C12H21N3O6/c1-12(2,3)21-11(19)15-5-4-7(14-13)6-8(15)20-10(18)9(16)17/h7-8,14H,4-6,13H2,1-3H3,(H,16,17). The Hall–Kier alpha value is -1.87. The number of hydrogen-bond acceptors (Lipinski definition) is 7. The molecule has 1 aliphatic rings. The third kappa shape index (κ3) is 5.20. The van der Waals surface area contributed by atoms with Gasteiger partial charge in [-0.2, -0.15) is 0 Å². The fourth-order valence-corrected chi connectivity index (χ4v) is 1.89. The lowest BCUT2D eigenvalue weighted by molar-refractivity contribution is -0.175. The van der Waals surface area contributed by atoms with Gasteiger partial charge in [-0.3, -0.25) is 16.2 Å². The molecule has 1 amide bonds. The van der Waals surface area contributed by atoms with Gasteiger partial charge in [-0.25, -0.2) is 14.4 Å². The number of nitrogens with two attached hydrogens (primary N) is 1. The smallest absolute Gasteiger partial charge is 0.419 e. The number of nitrogens with one attached hydrogen (secondary N) is 1. The minimum Gasteiger partial charge on any atom is -0.473 e. The second-order valence-electron chi connectivity index (χ2n) is 5.73. The number of esters is 1. The number of rotatable bonds is 2. The van der Waals surface area contributed by atoms with Crippen LogP contribution in [0.4, 0.5) is 4.79 Å². The number of ether oxygens (including phenoxy) is 2. The average molecular weight is 303 g/mol. The Bertz CT molecular complexity index is 420. The molecular weight excluding hydrogens is 282 g/mol. The molecule has 9 heteroatoms. The van der Waals surface area contributed by atoms with Crippen LogP contribution in [0.1, 0.15) is 33.6 Å². The lowest BCUT2D eigenvalue weighted by atomic mass is 10.0. The second-order valence-corrected chi connectivity index (χ2v) is 5.73. The summed E-state index contributed by atoms with van der Waals surface area (Å²) in [5.74, 6) is 2.19. The Kier molecular flexibility index (Phi) is 5.50. The van der Waals surface area contributed by atoms with Gasteiger partial charge < -0.3 is 14.6 Å². The number of carbonyl (C=O) groups excluding carboxylic acids is 2. The second kappa shape index (κ2) is 6.72. The van der Waals surface area contributed by atoms with Crippen molar-refractivity contribution in [1.82, 2.24) is 10.3 Å². The van der Waals surface area contributed by atoms with Gasteiger partial charge in [0, 0.05) is 19.0 Å². The summed E-state index contributed by atoms with van der Waals surface area (Å²) < 4.78 is 10.0. The number of nitrogens with zero attached hydrogens (tertiary/aromatic N) is 1. The summed E-state index contributed by atoms with van der Waals surface area (Å²) in [6, 6.07) is -0.185. The van der Waals surface area contributed by atoms with Crippen LogP contribution in [-0.2, 0) is 19.1 Å². The number of hydrazine groups is 1. The van der Waals surface area contributed by atoms with Crippen molar-refractivity contribution in [2.75, 3.05) is 6.54 Å². The van der Waals surface area contributed by atoms with E-state index in [1.807, 2.05) is 0 Å². The van der Waals surface area contributed by atoms with E-state index in [-0.39, 0.29) is 19.0 Å². The quantitative estimate of drug-likeness (QED) is 0.277. The molecule has 0 spiro atoms. The van der Waals surface area contributed by atoms with Crippen LogP contribution in [0.25, 0.3) is 0 Å². The lowest BCUT2D eigenvalue weighted by Gasteiger charge is -2.38. The highest BCUT2D eigenvalue weighted by molar-refractivity contribution is 6.28. The van der Waals surface area contributed by atoms with Crippen LogP contribution < -0.4 is 11.3 Å². The fraction of sp³-hybridized carbons (Fsp3) is 0.750. The normalized spacial score (nSPS) is 22.6. The predicted octanol–water partition coefficient (Wildman–Crippen LogP) is -0.197. The fourth-order valence-electron chi connectivity index (χ4n) is 1.89. The Morgan fingerprint density at radius 1 is 1.33 bits per heavy atom. The van der Waals surface area contributed by atoms with Crippen LogP contribution in [0, 0.1) is 0 Å². The van der Waals surface area contributed by atoms with Gasteiger partial charge in [0.25, 0.3) is 0 Å². The van der Waals surface area contributed by atoms with Crippen molar-refractivity contribution in [2.24, 2.45) is 5.84 Å². The maximum atomic E-state index is 12.1. The van der Waals surface area contributed by atoms with E-state index in [2.05, 4.69) is 5.43 Å². The van der Waals surface area contributed by atoms with E-state index in [4.69, 9.17) is 20.4 Å². The molecule has 1 rings (SSSR count). The Morgan fingerprint density at radius 3 is 2.43 bits per heavy atom. The molecule has 1 fully saturated rings. The molecule has 1 saturated heterocycles. The zero-order valence-corrected chi connectivity index (χ0v) is 12.3. The van der Waals surface area contributed by atoms with Crippen LogP contribution in [0.2, 0.25) is 0 Å². The van der Waals surface area contributed by atoms with Crippen LogP contribution in [0.3, 0.4) is 0 Å². The van der Waals surface area contributed by atoms with Crippen LogP contribution in [-0.4, -0.2) is 52.5 Å². The van der Waals surface area contributed by atoms with Crippen LogP contribution >= 0.6 is 0 Å². The van der Waals surface area contributed by atoms with E-state index >= 15 is 0 Å². The van der Waals surface area contributed by atoms with Gasteiger partial charge in [-0.15, -0.1) is 0 Å². The van der Waals surface area contributed by atoms with Gasteiger partial charge in [-0.05, 0) is 27.2 Å². The first-order valence-electron chi connectivity index (χ1n) is 6.53. The minimum absolute atomic E-state index is 0.185. The summed E-state index contributed by atoms with van der Waals surface area (Å²) >= 11 is 0. The largest absolute Gasteiger partial charge is 0.473 e. The van der Waals surface area contributed by atoms with Crippen molar-refractivity contribution >= 4 is 18.0 Å². The molecule has 2 atom stereocenters. The predicted molar refractivity (Wildman–Crippen MR) is 70.8 cm³/mol. The molecular formula is C12H21N3O6.